The molecule has 0 spiro atoms. The van der Waals surface area contributed by atoms with Gasteiger partial charge in [-0.2, -0.15) is 0 Å². The van der Waals surface area contributed by atoms with Gasteiger partial charge in [0, 0.05) is 0 Å². The number of rotatable bonds is 2. The van der Waals surface area contributed by atoms with Gasteiger partial charge in [0.2, 0.25) is 0 Å². The van der Waals surface area contributed by atoms with E-state index in [2.05, 4.69) is 63.0 Å². The first kappa shape index (κ1) is 24.9. The average molecular weight is 439 g/mol. The molecule has 2 rings (SSSR count). The Morgan fingerprint density at radius 1 is 0.727 bits per heavy atom. The maximum atomic E-state index is 2.62. The number of halogens is 2. The maximum Gasteiger partial charge on any atom is -0.0149 e. The monoisotopic (exact) mass is 436 g/mol. The van der Waals surface area contributed by atoms with Gasteiger partial charge in [0.15, 0.2) is 0 Å². The molecule has 0 aliphatic heterocycles. The zero-order valence-corrected chi connectivity index (χ0v) is 18.5. The van der Waals surface area contributed by atoms with Gasteiger partial charge in [0.25, 0.3) is 0 Å². The van der Waals surface area contributed by atoms with E-state index in [0.717, 1.165) is 0 Å². The molecule has 2 aliphatic carbocycles. The van der Waals surface area contributed by atoms with Crippen LogP contribution in [0.4, 0.5) is 0 Å². The van der Waals surface area contributed by atoms with Crippen LogP contribution in [0.5, 0.6) is 0 Å². The fourth-order valence-electron chi connectivity index (χ4n) is 4.50. The van der Waals surface area contributed by atoms with Gasteiger partial charge in [0.1, 0.15) is 0 Å². The topological polar surface area (TPSA) is 0 Å². The molecule has 0 saturated heterocycles. The molecule has 2 unspecified atom stereocenters. The number of hydrogen-bond donors (Lipinski definition) is 0. The third kappa shape index (κ3) is 4.00. The van der Waals surface area contributed by atoms with Crippen molar-refractivity contribution in [2.24, 2.45) is 11.8 Å². The Hall–Kier alpha value is 0.640. The van der Waals surface area contributed by atoms with Crippen molar-refractivity contribution in [3.63, 3.8) is 0 Å². The minimum atomic E-state index is -2.38. The average Bonchev–Trinajstić information content (AvgIpc) is 2.66. The summed E-state index contributed by atoms with van der Waals surface area (Å²) < 4.78 is 8.91. The molecule has 4 heteroatoms. The second-order valence-corrected chi connectivity index (χ2v) is 17.6. The van der Waals surface area contributed by atoms with E-state index in [9.17, 15) is 0 Å². The summed E-state index contributed by atoms with van der Waals surface area (Å²) in [5.41, 5.74) is 6.23. The van der Waals surface area contributed by atoms with Crippen LogP contribution in [0.1, 0.15) is 41.5 Å². The fraction of sp³-hybridized carbons (Fsp3) is 0.556. The quantitative estimate of drug-likeness (QED) is 0.462. The molecule has 22 heavy (non-hydrogen) atoms. The van der Waals surface area contributed by atoms with Crippen LogP contribution in [-0.2, 0) is 20.3 Å². The summed E-state index contributed by atoms with van der Waals surface area (Å²) in [6, 6.07) is 0. The third-order valence-corrected chi connectivity index (χ3v) is 16.0. The SMILES string of the molecule is CC1=CC(C)[C]([Zr+2]([CH3])([CH3])[C]2=C(C)C(C)=CC2C)=C1C.[Cl-].[Cl-].[SiH4]. The first-order valence-corrected chi connectivity index (χ1v) is 14.9. The van der Waals surface area contributed by atoms with Gasteiger partial charge >= 0.3 is 124 Å². The maximum absolute atomic E-state index is 2.62. The van der Waals surface area contributed by atoms with Crippen LogP contribution >= 0.6 is 0 Å². The molecule has 2 atom stereocenters. The molecular formula is C18H32Cl2SiZr. The Balaban J connectivity index is 0. The van der Waals surface area contributed by atoms with Gasteiger partial charge in [-0.1, -0.05) is 0 Å². The summed E-state index contributed by atoms with van der Waals surface area (Å²) in [6.45, 7) is 14.0. The largest absolute Gasteiger partial charge is 1.00 e. The van der Waals surface area contributed by atoms with Gasteiger partial charge in [-0.25, -0.2) is 0 Å². The molecule has 0 amide bonds. The molecule has 0 aromatic carbocycles. The molecular weight excluding hydrogens is 406 g/mol. The molecule has 0 fully saturated rings. The van der Waals surface area contributed by atoms with E-state index in [0.29, 0.717) is 11.8 Å². The zero-order chi connectivity index (χ0) is 14.5. The van der Waals surface area contributed by atoms with E-state index in [1.54, 1.807) is 11.1 Å². The Morgan fingerprint density at radius 2 is 1.00 bits per heavy atom. The summed E-state index contributed by atoms with van der Waals surface area (Å²) in [7, 11) is 0. The van der Waals surface area contributed by atoms with E-state index < -0.39 is 20.3 Å². The third-order valence-electron chi connectivity index (χ3n) is 5.25. The van der Waals surface area contributed by atoms with Crippen molar-refractivity contribution in [3.05, 3.63) is 41.0 Å². The van der Waals surface area contributed by atoms with Gasteiger partial charge in [0.05, 0.1) is 0 Å². The molecule has 0 saturated carbocycles. The molecule has 126 valence electrons. The smallest absolute Gasteiger partial charge is 0.0149 e. The minimum absolute atomic E-state index is 0. The molecule has 0 bridgehead atoms. The summed E-state index contributed by atoms with van der Waals surface area (Å²) in [4.78, 5) is 0. The van der Waals surface area contributed by atoms with E-state index >= 15 is 0 Å². The molecule has 0 aromatic rings. The van der Waals surface area contributed by atoms with Gasteiger partial charge in [-0.05, 0) is 11.0 Å². The summed E-state index contributed by atoms with van der Waals surface area (Å²) in [5.74, 6) is 1.33. The van der Waals surface area contributed by atoms with Crippen molar-refractivity contribution in [2.75, 3.05) is 0 Å². The zero-order valence-electron chi connectivity index (χ0n) is 14.6. The van der Waals surface area contributed by atoms with Crippen LogP contribution in [0.15, 0.2) is 41.0 Å². The van der Waals surface area contributed by atoms with E-state index in [4.69, 9.17) is 0 Å². The second-order valence-electron chi connectivity index (χ2n) is 6.98. The van der Waals surface area contributed by atoms with E-state index in [1.807, 2.05) is 6.56 Å². The second kappa shape index (κ2) is 8.65. The van der Waals surface area contributed by atoms with Crippen LogP contribution in [0.3, 0.4) is 0 Å². The number of allylic oxidation sites excluding steroid dienone is 8. The van der Waals surface area contributed by atoms with Gasteiger partial charge in [-0.15, -0.1) is 0 Å². The van der Waals surface area contributed by atoms with Crippen molar-refractivity contribution in [3.8, 4) is 0 Å². The first-order valence-electron chi connectivity index (χ1n) is 7.48. The molecule has 0 aromatic heterocycles. The summed E-state index contributed by atoms with van der Waals surface area (Å²) in [6.07, 6.45) is 4.94. The van der Waals surface area contributed by atoms with Crippen molar-refractivity contribution in [1.82, 2.24) is 0 Å². The van der Waals surface area contributed by atoms with Crippen molar-refractivity contribution in [1.29, 1.82) is 0 Å². The number of hydrogen-bond acceptors (Lipinski definition) is 0. The molecule has 0 N–H and O–H groups in total. The van der Waals surface area contributed by atoms with Crippen LogP contribution in [0, 0.1) is 11.8 Å². The normalized spacial score (nSPS) is 23.6. The Kier molecular flexibility index (Phi) is 9.79. The fourth-order valence-corrected chi connectivity index (χ4v) is 16.8. The van der Waals surface area contributed by atoms with Crippen molar-refractivity contribution in [2.45, 2.75) is 50.8 Å². The summed E-state index contributed by atoms with van der Waals surface area (Å²) in [5, 5.41) is 0. The van der Waals surface area contributed by atoms with Crippen molar-refractivity contribution >= 4 is 11.0 Å². The molecule has 0 heterocycles. The Labute approximate surface area is 158 Å². The standard InChI is InChI=1S/2C8H11.2CH3.2ClH.H4Si.Zr/c2*1-6-4-7(2)8(3)5-6;;;;;;/h2*4,6H,1-3H3;2*1H3;2*1H;1H4;/q;;;;;;;+2/p-2. The predicted octanol–water partition coefficient (Wildman–Crippen LogP) is -1.47. The van der Waals surface area contributed by atoms with Crippen LogP contribution in [-0.4, -0.2) is 11.0 Å². The molecule has 0 nitrogen and oxygen atoms in total. The molecule has 2 aliphatic rings. The summed E-state index contributed by atoms with van der Waals surface area (Å²) >= 11 is -2.38. The van der Waals surface area contributed by atoms with Gasteiger partial charge < -0.3 is 24.8 Å². The Morgan fingerprint density at radius 3 is 1.18 bits per heavy atom. The van der Waals surface area contributed by atoms with Gasteiger partial charge in [-0.3, -0.25) is 0 Å². The minimum Gasteiger partial charge on any atom is -1.00 e. The predicted molar refractivity (Wildman–Crippen MR) is 94.3 cm³/mol. The first-order chi connectivity index (χ1) is 8.67. The van der Waals surface area contributed by atoms with E-state index in [1.165, 1.54) is 11.1 Å². The van der Waals surface area contributed by atoms with Crippen LogP contribution in [0.2, 0.25) is 9.26 Å². The van der Waals surface area contributed by atoms with E-state index in [-0.39, 0.29) is 35.8 Å². The van der Waals surface area contributed by atoms with Crippen LogP contribution in [0.25, 0.3) is 0 Å². The molecule has 0 radical (unpaired) electrons. The van der Waals surface area contributed by atoms with Crippen LogP contribution < -0.4 is 24.8 Å². The van der Waals surface area contributed by atoms with Crippen molar-refractivity contribution < 1.29 is 45.1 Å². The Bertz CT molecular complexity index is 505.